The average molecular weight is 257 g/mol. The number of sulfone groups is 1. The molecule has 1 radical (unpaired) electrons. The molecule has 0 unspecified atom stereocenters. The van der Waals surface area contributed by atoms with Crippen LogP contribution in [-0.4, -0.2) is 14.7 Å². The third kappa shape index (κ3) is 1.42. The summed E-state index contributed by atoms with van der Waals surface area (Å²) in [7, 11) is -3.54. The van der Waals surface area contributed by atoms with Gasteiger partial charge in [-0.15, -0.1) is 0 Å². The summed E-state index contributed by atoms with van der Waals surface area (Å²) >= 11 is 0. The maximum absolute atomic E-state index is 12.3. The van der Waals surface area contributed by atoms with Crippen LogP contribution in [0.5, 0.6) is 0 Å². The summed E-state index contributed by atoms with van der Waals surface area (Å²) in [5.41, 5.74) is 0.652. The summed E-state index contributed by atoms with van der Waals surface area (Å²) in [6.07, 6.45) is 3.02. The molecule has 2 aromatic carbocycles. The Labute approximate surface area is 105 Å². The number of hydrogen-bond acceptors (Lipinski definition) is 3. The van der Waals surface area contributed by atoms with Crippen LogP contribution in [0.2, 0.25) is 0 Å². The number of carbonyl (C=O) groups excluding carboxylic acids is 1. The lowest BCUT2D eigenvalue weighted by Gasteiger charge is -2.05. The Hall–Kier alpha value is -1.94. The van der Waals surface area contributed by atoms with Crippen molar-refractivity contribution in [3.8, 4) is 0 Å². The van der Waals surface area contributed by atoms with Crippen molar-refractivity contribution in [2.45, 2.75) is 11.3 Å². The van der Waals surface area contributed by atoms with Gasteiger partial charge in [0.2, 0.25) is 16.1 Å². The summed E-state index contributed by atoms with van der Waals surface area (Å²) in [4.78, 5) is 10.9. The zero-order valence-corrected chi connectivity index (χ0v) is 10.2. The molecular weight excluding hydrogens is 248 g/mol. The van der Waals surface area contributed by atoms with E-state index in [1.165, 1.54) is 0 Å². The molecule has 0 aliphatic carbocycles. The molecule has 2 aromatic rings. The van der Waals surface area contributed by atoms with Crippen LogP contribution in [-0.2, 0) is 14.6 Å². The smallest absolute Gasteiger partial charge is 0.204 e. The molecule has 89 valence electrons. The third-order valence-electron chi connectivity index (χ3n) is 3.09. The molecule has 3 rings (SSSR count). The van der Waals surface area contributed by atoms with E-state index in [2.05, 4.69) is 0 Å². The fraction of sp³-hybridized carbons (Fsp3) is 0.0714. The zero-order chi connectivity index (χ0) is 12.8. The van der Waals surface area contributed by atoms with Crippen LogP contribution in [0.25, 0.3) is 16.8 Å². The van der Waals surface area contributed by atoms with E-state index in [9.17, 15) is 13.2 Å². The molecule has 0 aromatic heterocycles. The first kappa shape index (κ1) is 11.2. The van der Waals surface area contributed by atoms with E-state index in [0.29, 0.717) is 15.8 Å². The number of rotatable bonds is 2. The Morgan fingerprint density at radius 2 is 1.83 bits per heavy atom. The first-order valence-electron chi connectivity index (χ1n) is 5.47. The van der Waals surface area contributed by atoms with Crippen molar-refractivity contribution in [3.63, 3.8) is 0 Å². The number of fused-ring (bicyclic) bond motifs is 3. The van der Waals surface area contributed by atoms with Gasteiger partial charge in [-0.3, -0.25) is 4.79 Å². The molecule has 0 fully saturated rings. The van der Waals surface area contributed by atoms with E-state index in [4.69, 9.17) is 0 Å². The topological polar surface area (TPSA) is 51.2 Å². The Balaban J connectivity index is 2.37. The molecule has 0 saturated carbocycles. The molecule has 1 heterocycles. The normalized spacial score (nSPS) is 16.3. The van der Waals surface area contributed by atoms with Gasteiger partial charge in [0.15, 0.2) is 0 Å². The standard InChI is InChI=1S/C14H9O3S/c15-8-7-12-9-11-6-5-10-3-1-2-4-13(10)14(11)18(12,16)17/h1-6,9H,7H2. The summed E-state index contributed by atoms with van der Waals surface area (Å²) in [5, 5.41) is 1.58. The molecule has 0 saturated heterocycles. The maximum Gasteiger partial charge on any atom is 0.204 e. The molecule has 4 heteroatoms. The minimum atomic E-state index is -3.54. The summed E-state index contributed by atoms with van der Waals surface area (Å²) in [6.45, 7) is 0. The lowest BCUT2D eigenvalue weighted by atomic mass is 10.1. The van der Waals surface area contributed by atoms with E-state index in [1.54, 1.807) is 24.5 Å². The van der Waals surface area contributed by atoms with Crippen molar-refractivity contribution in [2.75, 3.05) is 0 Å². The van der Waals surface area contributed by atoms with E-state index in [1.807, 2.05) is 24.3 Å². The number of allylic oxidation sites excluding steroid dienone is 1. The highest BCUT2D eigenvalue weighted by Gasteiger charge is 2.30. The molecule has 0 spiro atoms. The Bertz CT molecular complexity index is 786. The Morgan fingerprint density at radius 3 is 2.61 bits per heavy atom. The van der Waals surface area contributed by atoms with Gasteiger partial charge in [-0.25, -0.2) is 8.42 Å². The lowest BCUT2D eigenvalue weighted by molar-refractivity contribution is 0.554. The Kier molecular flexibility index (Phi) is 2.35. The van der Waals surface area contributed by atoms with Gasteiger partial charge in [-0.1, -0.05) is 36.4 Å². The highest BCUT2D eigenvalue weighted by molar-refractivity contribution is 7.96. The summed E-state index contributed by atoms with van der Waals surface area (Å²) < 4.78 is 24.7. The maximum atomic E-state index is 12.3. The van der Waals surface area contributed by atoms with Gasteiger partial charge in [-0.05, 0) is 17.0 Å². The fourth-order valence-corrected chi connectivity index (χ4v) is 3.98. The summed E-state index contributed by atoms with van der Waals surface area (Å²) in [6, 6.07) is 11.0. The predicted molar refractivity (Wildman–Crippen MR) is 69.4 cm³/mol. The van der Waals surface area contributed by atoms with E-state index in [0.717, 1.165) is 5.39 Å². The van der Waals surface area contributed by atoms with Crippen LogP contribution in [0.3, 0.4) is 0 Å². The highest BCUT2D eigenvalue weighted by Crippen LogP contribution is 2.38. The van der Waals surface area contributed by atoms with Crippen molar-refractivity contribution in [1.82, 2.24) is 0 Å². The van der Waals surface area contributed by atoms with E-state index >= 15 is 0 Å². The van der Waals surface area contributed by atoms with Crippen molar-refractivity contribution >= 4 is 33.0 Å². The van der Waals surface area contributed by atoms with Gasteiger partial charge >= 0.3 is 0 Å². The summed E-state index contributed by atoms with van der Waals surface area (Å²) in [5.74, 6) is 0. The van der Waals surface area contributed by atoms with Gasteiger partial charge in [0.1, 0.15) is 0 Å². The van der Waals surface area contributed by atoms with Gasteiger partial charge in [0, 0.05) is 5.39 Å². The largest absolute Gasteiger partial charge is 0.290 e. The molecule has 1 aliphatic rings. The van der Waals surface area contributed by atoms with Crippen LogP contribution in [0.15, 0.2) is 46.2 Å². The minimum Gasteiger partial charge on any atom is -0.290 e. The minimum absolute atomic E-state index is 0.129. The average Bonchev–Trinajstić information content (AvgIpc) is 2.62. The fourth-order valence-electron chi connectivity index (χ4n) is 2.27. The quantitative estimate of drug-likeness (QED) is 0.830. The van der Waals surface area contributed by atoms with Crippen molar-refractivity contribution in [1.29, 1.82) is 0 Å². The molecule has 18 heavy (non-hydrogen) atoms. The predicted octanol–water partition coefficient (Wildman–Crippen LogP) is 2.47. The SMILES string of the molecule is O=[C]CC1=Cc2ccc3ccccc3c2S1(=O)=O. The molecule has 0 amide bonds. The second-order valence-corrected chi connectivity index (χ2v) is 6.08. The second kappa shape index (κ2) is 3.78. The molecular formula is C14H9O3S. The van der Waals surface area contributed by atoms with Gasteiger partial charge in [-0.2, -0.15) is 0 Å². The van der Waals surface area contributed by atoms with Crippen LogP contribution in [0.4, 0.5) is 0 Å². The van der Waals surface area contributed by atoms with Gasteiger partial charge in [0.05, 0.1) is 16.2 Å². The monoisotopic (exact) mass is 257 g/mol. The highest BCUT2D eigenvalue weighted by atomic mass is 32.2. The van der Waals surface area contributed by atoms with Gasteiger partial charge < -0.3 is 0 Å². The molecule has 0 N–H and O–H groups in total. The third-order valence-corrected chi connectivity index (χ3v) is 5.03. The van der Waals surface area contributed by atoms with Gasteiger partial charge in [0.25, 0.3) is 0 Å². The van der Waals surface area contributed by atoms with Crippen molar-refractivity contribution < 1.29 is 13.2 Å². The van der Waals surface area contributed by atoms with Crippen LogP contribution in [0, 0.1) is 0 Å². The second-order valence-electron chi connectivity index (χ2n) is 4.14. The van der Waals surface area contributed by atoms with Crippen molar-refractivity contribution in [3.05, 3.63) is 46.9 Å². The number of benzene rings is 2. The van der Waals surface area contributed by atoms with E-state index in [-0.39, 0.29) is 11.3 Å². The first-order chi connectivity index (χ1) is 8.64. The van der Waals surface area contributed by atoms with Crippen molar-refractivity contribution in [2.24, 2.45) is 0 Å². The van der Waals surface area contributed by atoms with E-state index < -0.39 is 9.84 Å². The number of hydrogen-bond donors (Lipinski definition) is 0. The lowest BCUT2D eigenvalue weighted by Crippen LogP contribution is -2.02. The molecule has 0 bridgehead atoms. The molecule has 3 nitrogen and oxygen atoms in total. The molecule has 0 atom stereocenters. The zero-order valence-electron chi connectivity index (χ0n) is 9.38. The first-order valence-corrected chi connectivity index (χ1v) is 6.95. The molecule has 1 aliphatic heterocycles. The van der Waals surface area contributed by atoms with Crippen LogP contribution in [0.1, 0.15) is 12.0 Å². The van der Waals surface area contributed by atoms with Crippen LogP contribution >= 0.6 is 0 Å². The van der Waals surface area contributed by atoms with Crippen LogP contribution < -0.4 is 0 Å². The Morgan fingerprint density at radius 1 is 1.06 bits per heavy atom.